The first kappa shape index (κ1) is 15.1. The van der Waals surface area contributed by atoms with E-state index in [0.29, 0.717) is 13.1 Å². The maximum absolute atomic E-state index is 11.5. The molecule has 0 bridgehead atoms. The maximum Gasteiger partial charge on any atom is 0.309 e. The fourth-order valence-corrected chi connectivity index (χ4v) is 1.44. The predicted molar refractivity (Wildman–Crippen MR) is 72.3 cm³/mol. The maximum atomic E-state index is 11.5. The number of nitrogens with one attached hydrogen (secondary N) is 2. The van der Waals surface area contributed by atoms with Crippen LogP contribution in [0.25, 0.3) is 0 Å². The third-order valence-electron chi connectivity index (χ3n) is 2.48. The second-order valence-corrected chi connectivity index (χ2v) is 4.45. The van der Waals surface area contributed by atoms with Gasteiger partial charge in [0.1, 0.15) is 0 Å². The minimum atomic E-state index is -0.610. The molecule has 1 heterocycles. The molecule has 19 heavy (non-hydrogen) atoms. The molecule has 0 fully saturated rings. The average molecular weight is 264 g/mol. The van der Waals surface area contributed by atoms with Crippen LogP contribution in [-0.4, -0.2) is 48.9 Å². The number of aromatic nitrogens is 1. The van der Waals surface area contributed by atoms with E-state index in [1.165, 1.54) is 0 Å². The number of pyridine rings is 1. The predicted octanol–water partition coefficient (Wildman–Crippen LogP) is -0.234. The molecule has 0 radical (unpaired) electrons. The van der Waals surface area contributed by atoms with E-state index in [2.05, 4.69) is 15.6 Å². The number of hydrogen-bond acceptors (Lipinski definition) is 4. The van der Waals surface area contributed by atoms with Gasteiger partial charge in [0.25, 0.3) is 0 Å². The number of carbonyl (C=O) groups is 2. The van der Waals surface area contributed by atoms with E-state index in [4.69, 9.17) is 0 Å². The zero-order valence-corrected chi connectivity index (χ0v) is 11.3. The highest BCUT2D eigenvalue weighted by atomic mass is 16.2. The third kappa shape index (κ3) is 6.52. The van der Waals surface area contributed by atoms with E-state index in [-0.39, 0.29) is 0 Å². The zero-order chi connectivity index (χ0) is 14.1. The molecule has 0 spiro atoms. The van der Waals surface area contributed by atoms with Gasteiger partial charge < -0.3 is 15.5 Å². The van der Waals surface area contributed by atoms with Crippen molar-refractivity contribution < 1.29 is 9.59 Å². The lowest BCUT2D eigenvalue weighted by molar-refractivity contribution is -0.139. The number of carbonyl (C=O) groups excluding carboxylic acids is 2. The summed E-state index contributed by atoms with van der Waals surface area (Å²) < 4.78 is 0. The summed E-state index contributed by atoms with van der Waals surface area (Å²) in [6.07, 6.45) is 4.10. The van der Waals surface area contributed by atoms with Gasteiger partial charge in [-0.2, -0.15) is 0 Å². The lowest BCUT2D eigenvalue weighted by Gasteiger charge is -2.10. The summed E-state index contributed by atoms with van der Waals surface area (Å²) in [7, 11) is 3.92. The van der Waals surface area contributed by atoms with Crippen molar-refractivity contribution in [2.75, 3.05) is 27.2 Å². The summed E-state index contributed by atoms with van der Waals surface area (Å²) >= 11 is 0. The molecule has 0 saturated carbocycles. The molecule has 2 amide bonds. The summed E-state index contributed by atoms with van der Waals surface area (Å²) in [4.78, 5) is 28.9. The van der Waals surface area contributed by atoms with Crippen molar-refractivity contribution >= 4 is 11.8 Å². The molecule has 1 aromatic rings. The monoisotopic (exact) mass is 264 g/mol. The quantitative estimate of drug-likeness (QED) is 0.549. The van der Waals surface area contributed by atoms with Crippen LogP contribution in [0.4, 0.5) is 0 Å². The van der Waals surface area contributed by atoms with Gasteiger partial charge in [0.05, 0.1) is 0 Å². The Balaban J connectivity index is 2.20. The SMILES string of the molecule is CN(C)CCCNC(=O)C(=O)NCc1ccncc1. The first-order valence-corrected chi connectivity index (χ1v) is 6.19. The third-order valence-corrected chi connectivity index (χ3v) is 2.48. The van der Waals surface area contributed by atoms with Gasteiger partial charge in [0.2, 0.25) is 0 Å². The molecular weight excluding hydrogens is 244 g/mol. The van der Waals surface area contributed by atoms with Crippen LogP contribution in [0.2, 0.25) is 0 Å². The molecule has 0 aliphatic heterocycles. The van der Waals surface area contributed by atoms with Crippen molar-refractivity contribution in [1.82, 2.24) is 20.5 Å². The molecule has 2 N–H and O–H groups in total. The molecule has 0 saturated heterocycles. The summed E-state index contributed by atoms with van der Waals surface area (Å²) in [5.74, 6) is -1.20. The van der Waals surface area contributed by atoms with Crippen molar-refractivity contribution in [3.63, 3.8) is 0 Å². The van der Waals surface area contributed by atoms with Gasteiger partial charge in [0.15, 0.2) is 0 Å². The summed E-state index contributed by atoms with van der Waals surface area (Å²) in [6, 6.07) is 3.57. The molecule has 0 aromatic carbocycles. The van der Waals surface area contributed by atoms with Crippen molar-refractivity contribution in [3.8, 4) is 0 Å². The largest absolute Gasteiger partial charge is 0.348 e. The van der Waals surface area contributed by atoms with Crippen LogP contribution in [0.5, 0.6) is 0 Å². The highest BCUT2D eigenvalue weighted by Crippen LogP contribution is 1.94. The number of amides is 2. The zero-order valence-electron chi connectivity index (χ0n) is 11.3. The lowest BCUT2D eigenvalue weighted by atomic mass is 10.3. The number of rotatable bonds is 6. The number of hydrogen-bond donors (Lipinski definition) is 2. The average Bonchev–Trinajstić information content (AvgIpc) is 2.41. The molecular formula is C13H20N4O2. The standard InChI is InChI=1S/C13H20N4O2/c1-17(2)9-3-6-15-12(18)13(19)16-10-11-4-7-14-8-5-11/h4-5,7-8H,3,6,9-10H2,1-2H3,(H,15,18)(H,16,19). The van der Waals surface area contributed by atoms with Crippen molar-refractivity contribution in [2.24, 2.45) is 0 Å². The van der Waals surface area contributed by atoms with Crippen LogP contribution in [0.3, 0.4) is 0 Å². The minimum absolute atomic E-state index is 0.326. The molecule has 104 valence electrons. The van der Waals surface area contributed by atoms with E-state index in [0.717, 1.165) is 18.5 Å². The van der Waals surface area contributed by atoms with Crippen LogP contribution in [0, 0.1) is 0 Å². The Morgan fingerprint density at radius 2 is 1.79 bits per heavy atom. The number of nitrogens with zero attached hydrogens (tertiary/aromatic N) is 2. The smallest absolute Gasteiger partial charge is 0.309 e. The Kier molecular flexibility index (Phi) is 6.52. The van der Waals surface area contributed by atoms with Gasteiger partial charge >= 0.3 is 11.8 Å². The Morgan fingerprint density at radius 1 is 1.16 bits per heavy atom. The molecule has 0 aliphatic rings. The lowest BCUT2D eigenvalue weighted by Crippen LogP contribution is -2.40. The first-order valence-electron chi connectivity index (χ1n) is 6.19. The molecule has 6 heteroatoms. The second-order valence-electron chi connectivity index (χ2n) is 4.45. The van der Waals surface area contributed by atoms with Gasteiger partial charge in [0, 0.05) is 25.5 Å². The van der Waals surface area contributed by atoms with Crippen molar-refractivity contribution in [1.29, 1.82) is 0 Å². The summed E-state index contributed by atoms with van der Waals surface area (Å²) in [5.41, 5.74) is 0.906. The van der Waals surface area contributed by atoms with Gasteiger partial charge in [-0.3, -0.25) is 14.6 Å². The topological polar surface area (TPSA) is 74.3 Å². The van der Waals surface area contributed by atoms with E-state index >= 15 is 0 Å². The van der Waals surface area contributed by atoms with Crippen LogP contribution < -0.4 is 10.6 Å². The normalized spacial score (nSPS) is 10.3. The van der Waals surface area contributed by atoms with E-state index in [1.54, 1.807) is 24.5 Å². The molecule has 0 unspecified atom stereocenters. The molecule has 1 aromatic heterocycles. The van der Waals surface area contributed by atoms with Crippen LogP contribution >= 0.6 is 0 Å². The Morgan fingerprint density at radius 3 is 2.42 bits per heavy atom. The van der Waals surface area contributed by atoms with Crippen LogP contribution in [-0.2, 0) is 16.1 Å². The van der Waals surface area contributed by atoms with Crippen molar-refractivity contribution in [3.05, 3.63) is 30.1 Å². The summed E-state index contributed by atoms with van der Waals surface area (Å²) in [5, 5.41) is 5.14. The van der Waals surface area contributed by atoms with Gasteiger partial charge in [-0.05, 0) is 44.8 Å². The van der Waals surface area contributed by atoms with Crippen LogP contribution in [0.15, 0.2) is 24.5 Å². The highest BCUT2D eigenvalue weighted by molar-refractivity contribution is 6.35. The Labute approximate surface area is 113 Å². The van der Waals surface area contributed by atoms with E-state index in [9.17, 15) is 9.59 Å². The fraction of sp³-hybridized carbons (Fsp3) is 0.462. The molecule has 0 atom stereocenters. The Hall–Kier alpha value is -1.95. The van der Waals surface area contributed by atoms with Crippen molar-refractivity contribution in [2.45, 2.75) is 13.0 Å². The van der Waals surface area contributed by atoms with Gasteiger partial charge in [-0.15, -0.1) is 0 Å². The molecule has 1 rings (SSSR count). The van der Waals surface area contributed by atoms with Gasteiger partial charge in [-0.1, -0.05) is 0 Å². The van der Waals surface area contributed by atoms with Gasteiger partial charge in [-0.25, -0.2) is 0 Å². The highest BCUT2D eigenvalue weighted by Gasteiger charge is 2.11. The second kappa shape index (κ2) is 8.20. The minimum Gasteiger partial charge on any atom is -0.348 e. The van der Waals surface area contributed by atoms with E-state index in [1.807, 2.05) is 19.0 Å². The molecule has 0 aliphatic carbocycles. The Bertz CT molecular complexity index is 406. The molecule has 6 nitrogen and oxygen atoms in total. The fourth-order valence-electron chi connectivity index (χ4n) is 1.44. The first-order chi connectivity index (χ1) is 9.09. The van der Waals surface area contributed by atoms with E-state index < -0.39 is 11.8 Å². The van der Waals surface area contributed by atoms with Crippen LogP contribution in [0.1, 0.15) is 12.0 Å². The summed E-state index contributed by atoms with van der Waals surface area (Å²) in [6.45, 7) is 1.70.